The Hall–Kier alpha value is -0.835. The molecule has 1 atom stereocenters. The molecule has 1 aromatic carbocycles. The molecule has 1 aliphatic heterocycles. The summed E-state index contributed by atoms with van der Waals surface area (Å²) in [5.74, 6) is -0.0697. The van der Waals surface area contributed by atoms with Crippen LogP contribution < -0.4 is 5.73 Å². The van der Waals surface area contributed by atoms with Gasteiger partial charge in [-0.1, -0.05) is 30.3 Å². The summed E-state index contributed by atoms with van der Waals surface area (Å²) >= 11 is 0. The molecule has 0 saturated carbocycles. The van der Waals surface area contributed by atoms with Crippen molar-refractivity contribution >= 4 is 7.12 Å². The van der Waals surface area contributed by atoms with Crippen LogP contribution in [0.4, 0.5) is 0 Å². The summed E-state index contributed by atoms with van der Waals surface area (Å²) in [4.78, 5) is 0. The van der Waals surface area contributed by atoms with E-state index in [0.717, 1.165) is 19.3 Å². The van der Waals surface area contributed by atoms with E-state index in [1.165, 1.54) is 5.56 Å². The second-order valence-corrected chi connectivity index (χ2v) is 6.67. The van der Waals surface area contributed by atoms with E-state index in [9.17, 15) is 0 Å². The maximum Gasteiger partial charge on any atom is 0.475 e. The number of aryl methyl sites for hydroxylation is 1. The van der Waals surface area contributed by atoms with Gasteiger partial charge in [0.1, 0.15) is 0 Å². The van der Waals surface area contributed by atoms with E-state index in [2.05, 4.69) is 52.0 Å². The molecule has 20 heavy (non-hydrogen) atoms. The van der Waals surface area contributed by atoms with Crippen molar-refractivity contribution in [2.45, 2.75) is 64.1 Å². The van der Waals surface area contributed by atoms with Crippen molar-refractivity contribution in [3.63, 3.8) is 0 Å². The summed E-state index contributed by atoms with van der Waals surface area (Å²) in [6.45, 7) is 8.24. The lowest BCUT2D eigenvalue weighted by molar-refractivity contribution is 0.00578. The van der Waals surface area contributed by atoms with Gasteiger partial charge in [-0.15, -0.1) is 0 Å². The Morgan fingerprint density at radius 2 is 1.60 bits per heavy atom. The molecule has 110 valence electrons. The van der Waals surface area contributed by atoms with Crippen LogP contribution in [0, 0.1) is 0 Å². The Labute approximate surface area is 123 Å². The molecule has 0 bridgehead atoms. The van der Waals surface area contributed by atoms with Gasteiger partial charge in [0.2, 0.25) is 0 Å². The molecule has 0 aliphatic carbocycles. The topological polar surface area (TPSA) is 44.5 Å². The lowest BCUT2D eigenvalue weighted by Gasteiger charge is -2.32. The van der Waals surface area contributed by atoms with Crippen molar-refractivity contribution in [1.82, 2.24) is 0 Å². The van der Waals surface area contributed by atoms with Crippen LogP contribution in [0.2, 0.25) is 0 Å². The largest absolute Gasteiger partial charge is 0.475 e. The molecule has 1 saturated heterocycles. The van der Waals surface area contributed by atoms with Gasteiger partial charge in [0.05, 0.1) is 11.2 Å². The predicted molar refractivity (Wildman–Crippen MR) is 83.4 cm³/mol. The van der Waals surface area contributed by atoms with Crippen LogP contribution in [-0.2, 0) is 15.7 Å². The Kier molecular flexibility index (Phi) is 4.57. The molecule has 0 aromatic heterocycles. The summed E-state index contributed by atoms with van der Waals surface area (Å²) < 4.78 is 12.0. The second-order valence-electron chi connectivity index (χ2n) is 6.67. The maximum absolute atomic E-state index is 6.24. The SMILES string of the molecule is CC1(C)OB(C(N)CCCc2ccccc2)OC1(C)C. The Bertz CT molecular complexity index is 417. The first-order valence-electron chi connectivity index (χ1n) is 7.47. The first-order valence-corrected chi connectivity index (χ1v) is 7.47. The summed E-state index contributed by atoms with van der Waals surface area (Å²) in [5, 5.41) is 0. The zero-order chi connectivity index (χ0) is 14.8. The van der Waals surface area contributed by atoms with E-state index in [-0.39, 0.29) is 24.3 Å². The fraction of sp³-hybridized carbons (Fsp3) is 0.625. The lowest BCUT2D eigenvalue weighted by atomic mass is 9.76. The highest BCUT2D eigenvalue weighted by atomic mass is 16.7. The van der Waals surface area contributed by atoms with Crippen molar-refractivity contribution in [1.29, 1.82) is 0 Å². The molecule has 1 fully saturated rings. The summed E-state index contributed by atoms with van der Waals surface area (Å²) in [5.41, 5.74) is 7.00. The van der Waals surface area contributed by atoms with E-state index in [1.54, 1.807) is 0 Å². The highest BCUT2D eigenvalue weighted by molar-refractivity contribution is 6.47. The predicted octanol–water partition coefficient (Wildman–Crippen LogP) is 2.97. The molecule has 4 heteroatoms. The lowest BCUT2D eigenvalue weighted by Crippen LogP contribution is -2.41. The first-order chi connectivity index (χ1) is 9.32. The number of benzene rings is 1. The van der Waals surface area contributed by atoms with Gasteiger partial charge >= 0.3 is 7.12 Å². The number of rotatable bonds is 5. The second kappa shape index (κ2) is 5.88. The van der Waals surface area contributed by atoms with E-state index < -0.39 is 0 Å². The Morgan fingerprint density at radius 3 is 2.15 bits per heavy atom. The fourth-order valence-electron chi connectivity index (χ4n) is 2.39. The molecule has 1 unspecified atom stereocenters. The molecule has 1 aliphatic rings. The van der Waals surface area contributed by atoms with Crippen LogP contribution in [0.15, 0.2) is 30.3 Å². The molecule has 0 radical (unpaired) electrons. The van der Waals surface area contributed by atoms with Crippen molar-refractivity contribution in [3.8, 4) is 0 Å². The Morgan fingerprint density at radius 1 is 1.05 bits per heavy atom. The van der Waals surface area contributed by atoms with E-state index in [0.29, 0.717) is 0 Å². The van der Waals surface area contributed by atoms with Crippen molar-refractivity contribution < 1.29 is 9.31 Å². The molecule has 2 rings (SSSR count). The van der Waals surface area contributed by atoms with Crippen molar-refractivity contribution in [2.24, 2.45) is 5.73 Å². The number of hydrogen-bond acceptors (Lipinski definition) is 3. The zero-order valence-electron chi connectivity index (χ0n) is 13.1. The van der Waals surface area contributed by atoms with Crippen LogP contribution >= 0.6 is 0 Å². The molecular formula is C16H26BNO2. The molecule has 0 spiro atoms. The van der Waals surface area contributed by atoms with Crippen LogP contribution in [0.1, 0.15) is 46.1 Å². The van der Waals surface area contributed by atoms with Gasteiger partial charge in [-0.3, -0.25) is 0 Å². The summed E-state index contributed by atoms with van der Waals surface area (Å²) in [6, 6.07) is 10.5. The molecule has 0 amide bonds. The standard InChI is InChI=1S/C16H26BNO2/c1-15(2)16(3,4)20-17(19-15)14(18)12-8-11-13-9-6-5-7-10-13/h5-7,9-10,14H,8,11-12,18H2,1-4H3. The normalized spacial score (nSPS) is 21.9. The third-order valence-corrected chi connectivity index (χ3v) is 4.47. The molecule has 1 heterocycles. The van der Waals surface area contributed by atoms with Gasteiger partial charge in [0.15, 0.2) is 0 Å². The highest BCUT2D eigenvalue weighted by Gasteiger charge is 2.52. The summed E-state index contributed by atoms with van der Waals surface area (Å²) in [6.07, 6.45) is 3.01. The van der Waals surface area contributed by atoms with Crippen LogP contribution in [-0.4, -0.2) is 24.3 Å². The first kappa shape index (κ1) is 15.6. The smallest absolute Gasteiger partial charge is 0.402 e. The highest BCUT2D eigenvalue weighted by Crippen LogP contribution is 2.37. The number of hydrogen-bond donors (Lipinski definition) is 1. The Balaban J connectivity index is 1.80. The van der Waals surface area contributed by atoms with E-state index >= 15 is 0 Å². The van der Waals surface area contributed by atoms with Crippen LogP contribution in [0.25, 0.3) is 0 Å². The minimum absolute atomic E-state index is 0.0697. The van der Waals surface area contributed by atoms with Gasteiger partial charge in [0.25, 0.3) is 0 Å². The summed E-state index contributed by atoms with van der Waals surface area (Å²) in [7, 11) is -0.296. The van der Waals surface area contributed by atoms with Gasteiger partial charge in [0, 0.05) is 5.94 Å². The molecule has 3 nitrogen and oxygen atoms in total. The van der Waals surface area contributed by atoms with Gasteiger partial charge < -0.3 is 15.0 Å². The third-order valence-electron chi connectivity index (χ3n) is 4.47. The van der Waals surface area contributed by atoms with Crippen LogP contribution in [0.5, 0.6) is 0 Å². The minimum atomic E-state index is -0.297. The van der Waals surface area contributed by atoms with Gasteiger partial charge in [-0.25, -0.2) is 0 Å². The monoisotopic (exact) mass is 275 g/mol. The van der Waals surface area contributed by atoms with Crippen molar-refractivity contribution in [3.05, 3.63) is 35.9 Å². The average Bonchev–Trinajstić information content (AvgIpc) is 2.60. The van der Waals surface area contributed by atoms with Crippen LogP contribution in [0.3, 0.4) is 0 Å². The third kappa shape index (κ3) is 3.43. The quantitative estimate of drug-likeness (QED) is 0.840. The van der Waals surface area contributed by atoms with E-state index in [1.807, 2.05) is 6.07 Å². The molecule has 1 aromatic rings. The average molecular weight is 275 g/mol. The fourth-order valence-corrected chi connectivity index (χ4v) is 2.39. The maximum atomic E-state index is 6.24. The zero-order valence-corrected chi connectivity index (χ0v) is 13.1. The minimum Gasteiger partial charge on any atom is -0.402 e. The number of nitrogens with two attached hydrogens (primary N) is 1. The van der Waals surface area contributed by atoms with E-state index in [4.69, 9.17) is 15.0 Å². The van der Waals surface area contributed by atoms with Gasteiger partial charge in [-0.2, -0.15) is 0 Å². The van der Waals surface area contributed by atoms with Gasteiger partial charge in [-0.05, 0) is 52.5 Å². The molecule has 2 N–H and O–H groups in total. The molecular weight excluding hydrogens is 249 g/mol. The van der Waals surface area contributed by atoms with Crippen molar-refractivity contribution in [2.75, 3.05) is 0 Å².